The van der Waals surface area contributed by atoms with Crippen molar-refractivity contribution in [1.29, 1.82) is 0 Å². The summed E-state index contributed by atoms with van der Waals surface area (Å²) in [5.41, 5.74) is 0.719. The lowest BCUT2D eigenvalue weighted by atomic mass is 10.0. The quantitative estimate of drug-likeness (QED) is 0.644. The van der Waals surface area contributed by atoms with E-state index in [4.69, 9.17) is 4.74 Å². The minimum atomic E-state index is -3.89. The number of hydrogen-bond donors (Lipinski definition) is 1. The number of rotatable bonds is 5. The molecule has 0 aromatic heterocycles. The molecule has 3 aliphatic rings. The van der Waals surface area contributed by atoms with E-state index in [0.717, 1.165) is 31.2 Å². The van der Waals surface area contributed by atoms with Crippen LogP contribution in [0, 0.1) is 29.6 Å². The van der Waals surface area contributed by atoms with Crippen molar-refractivity contribution in [3.63, 3.8) is 0 Å². The molecule has 2 saturated carbocycles. The molecule has 1 aromatic rings. The number of hydrogen-bond acceptors (Lipinski definition) is 5. The third-order valence-electron chi connectivity index (χ3n) is 7.20. The number of nitrogens with zero attached hydrogens (tertiary/aromatic N) is 2. The van der Waals surface area contributed by atoms with Crippen molar-refractivity contribution in [3.8, 4) is 17.6 Å². The van der Waals surface area contributed by atoms with Crippen LogP contribution >= 0.6 is 0 Å². The Hall–Kier alpha value is -2.08. The van der Waals surface area contributed by atoms with Crippen LogP contribution in [-0.2, 0) is 14.8 Å². The van der Waals surface area contributed by atoms with Crippen molar-refractivity contribution in [1.82, 2.24) is 9.21 Å². The highest BCUT2D eigenvalue weighted by Crippen LogP contribution is 2.35. The number of fused-ring (bicyclic) bond motifs is 1. The van der Waals surface area contributed by atoms with Gasteiger partial charge in [0.1, 0.15) is 16.7 Å². The molecule has 4 rings (SSSR count). The monoisotopic (exact) mass is 488 g/mol. The van der Waals surface area contributed by atoms with Crippen LogP contribution in [0.4, 0.5) is 0 Å². The fourth-order valence-electron chi connectivity index (χ4n) is 4.78. The molecule has 2 aliphatic carbocycles. The van der Waals surface area contributed by atoms with Crippen LogP contribution in [0.25, 0.3) is 0 Å². The molecule has 1 N–H and O–H groups in total. The highest BCUT2D eigenvalue weighted by molar-refractivity contribution is 7.89. The molecule has 0 spiro atoms. The van der Waals surface area contributed by atoms with Crippen LogP contribution < -0.4 is 4.74 Å². The second-order valence-electron chi connectivity index (χ2n) is 10.1. The third kappa shape index (κ3) is 5.42. The Morgan fingerprint density at radius 3 is 2.62 bits per heavy atom. The molecule has 0 bridgehead atoms. The summed E-state index contributed by atoms with van der Waals surface area (Å²) in [6.45, 7) is 3.92. The first-order valence-electron chi connectivity index (χ1n) is 12.4. The maximum absolute atomic E-state index is 13.6. The molecule has 7 nitrogen and oxygen atoms in total. The molecule has 1 heterocycles. The highest BCUT2D eigenvalue weighted by atomic mass is 32.2. The number of benzene rings is 1. The summed E-state index contributed by atoms with van der Waals surface area (Å²) in [5.74, 6) is 7.21. The van der Waals surface area contributed by atoms with E-state index in [1.165, 1.54) is 17.1 Å². The fraction of sp³-hybridized carbons (Fsp3) is 0.654. The number of likely N-dealkylation sites (N-methyl/N-ethyl adjacent to an activating group) is 1. The van der Waals surface area contributed by atoms with Crippen LogP contribution in [0.5, 0.6) is 5.75 Å². The van der Waals surface area contributed by atoms with Crippen LogP contribution in [0.15, 0.2) is 23.1 Å². The van der Waals surface area contributed by atoms with Crippen molar-refractivity contribution >= 4 is 15.9 Å². The minimum absolute atomic E-state index is 0.0762. The summed E-state index contributed by atoms with van der Waals surface area (Å²) in [6, 6.07) is 4.43. The number of carbonyl (C=O) groups excluding carboxylic acids is 1. The summed E-state index contributed by atoms with van der Waals surface area (Å²) in [4.78, 5) is 14.4. The van der Waals surface area contributed by atoms with Gasteiger partial charge in [0, 0.05) is 43.0 Å². The lowest BCUT2D eigenvalue weighted by Crippen LogP contribution is -2.50. The Bertz CT molecular complexity index is 1070. The van der Waals surface area contributed by atoms with Gasteiger partial charge in [0.05, 0.1) is 13.2 Å². The molecule has 3 atom stereocenters. The van der Waals surface area contributed by atoms with Gasteiger partial charge in [0.15, 0.2) is 0 Å². The molecular weight excluding hydrogens is 452 g/mol. The third-order valence-corrected chi connectivity index (χ3v) is 9.22. The molecule has 1 aromatic carbocycles. The first-order chi connectivity index (χ1) is 16.2. The first-order valence-corrected chi connectivity index (χ1v) is 13.8. The smallest absolute Gasteiger partial charge is 0.247 e. The van der Waals surface area contributed by atoms with E-state index in [1.54, 1.807) is 37.1 Å². The van der Waals surface area contributed by atoms with Gasteiger partial charge in [0.25, 0.3) is 0 Å². The summed E-state index contributed by atoms with van der Waals surface area (Å²) in [5, 5.41) is 9.78. The van der Waals surface area contributed by atoms with Gasteiger partial charge in [-0.3, -0.25) is 4.79 Å². The summed E-state index contributed by atoms with van der Waals surface area (Å²) in [7, 11) is -2.10. The first kappa shape index (κ1) is 25.0. The van der Waals surface area contributed by atoms with Crippen molar-refractivity contribution < 1.29 is 23.1 Å². The molecule has 186 valence electrons. The van der Waals surface area contributed by atoms with Gasteiger partial charge in [-0.05, 0) is 50.8 Å². The predicted octanol–water partition coefficient (Wildman–Crippen LogP) is 2.87. The van der Waals surface area contributed by atoms with Crippen molar-refractivity contribution in [2.45, 2.75) is 69.4 Å². The number of aliphatic hydroxyl groups is 1. The second-order valence-corrected chi connectivity index (χ2v) is 12.0. The molecule has 2 fully saturated rings. The standard InChI is InChI=1S/C26H36N2O5S/c1-18-15-28(19(2)17-29)34(31,32)25-13-10-21(9-8-20-6-4-5-7-20)14-23(25)33-24(18)16-27(3)26(30)22-11-12-22/h10,13-14,18-20,22,24,29H,4-7,11-12,15-17H2,1-3H3/t18-,19-,24-/m0/s1. The zero-order valence-corrected chi connectivity index (χ0v) is 21.2. The maximum atomic E-state index is 13.6. The normalized spacial score (nSPS) is 25.8. The van der Waals surface area contributed by atoms with Crippen molar-refractivity contribution in [3.05, 3.63) is 23.8 Å². The number of amides is 1. The van der Waals surface area contributed by atoms with Crippen molar-refractivity contribution in [2.75, 3.05) is 26.7 Å². The molecule has 0 radical (unpaired) electrons. The van der Waals surface area contributed by atoms with Gasteiger partial charge in [-0.15, -0.1) is 0 Å². The van der Waals surface area contributed by atoms with E-state index in [-0.39, 0.29) is 41.5 Å². The molecular formula is C26H36N2O5S. The average molecular weight is 489 g/mol. The van der Waals surface area contributed by atoms with E-state index in [2.05, 4.69) is 11.8 Å². The molecule has 1 amide bonds. The van der Waals surface area contributed by atoms with Gasteiger partial charge in [-0.1, -0.05) is 31.6 Å². The van der Waals surface area contributed by atoms with Gasteiger partial charge >= 0.3 is 0 Å². The topological polar surface area (TPSA) is 87.2 Å². The Labute approximate surface area is 203 Å². The molecule has 1 aliphatic heterocycles. The number of aliphatic hydroxyl groups excluding tert-OH is 1. The minimum Gasteiger partial charge on any atom is -0.487 e. The van der Waals surface area contributed by atoms with E-state index in [0.29, 0.717) is 12.5 Å². The summed E-state index contributed by atoms with van der Waals surface area (Å²) >= 11 is 0. The molecule has 8 heteroatoms. The largest absolute Gasteiger partial charge is 0.487 e. The van der Waals surface area contributed by atoms with E-state index in [9.17, 15) is 18.3 Å². The molecule has 34 heavy (non-hydrogen) atoms. The Kier molecular flexibility index (Phi) is 7.56. The van der Waals surface area contributed by atoms with Crippen LogP contribution in [-0.4, -0.2) is 67.5 Å². The summed E-state index contributed by atoms with van der Waals surface area (Å²) in [6.07, 6.45) is 6.09. The SMILES string of the molecule is C[C@H]1CN([C@@H](C)CO)S(=O)(=O)c2ccc(C#CC3CCCC3)cc2O[C@H]1CN(C)C(=O)C1CC1. The van der Waals surface area contributed by atoms with Gasteiger partial charge < -0.3 is 14.7 Å². The molecule has 0 unspecified atom stereocenters. The Morgan fingerprint density at radius 2 is 1.97 bits per heavy atom. The lowest BCUT2D eigenvalue weighted by molar-refractivity contribution is -0.132. The zero-order valence-electron chi connectivity index (χ0n) is 20.4. The zero-order chi connectivity index (χ0) is 24.5. The second kappa shape index (κ2) is 10.3. The van der Waals surface area contributed by atoms with Gasteiger partial charge in [-0.2, -0.15) is 4.31 Å². The van der Waals surface area contributed by atoms with Crippen LogP contribution in [0.1, 0.15) is 57.9 Å². The van der Waals surface area contributed by atoms with E-state index >= 15 is 0 Å². The van der Waals surface area contributed by atoms with Gasteiger partial charge in [0.2, 0.25) is 15.9 Å². The Balaban J connectivity index is 1.69. The van der Waals surface area contributed by atoms with Crippen LogP contribution in [0.3, 0.4) is 0 Å². The number of carbonyl (C=O) groups is 1. The maximum Gasteiger partial charge on any atom is 0.247 e. The van der Waals surface area contributed by atoms with E-state index < -0.39 is 22.2 Å². The molecule has 0 saturated heterocycles. The van der Waals surface area contributed by atoms with Crippen LogP contribution in [0.2, 0.25) is 0 Å². The number of ether oxygens (including phenoxy) is 1. The highest BCUT2D eigenvalue weighted by Gasteiger charge is 2.39. The Morgan fingerprint density at radius 1 is 1.26 bits per heavy atom. The summed E-state index contributed by atoms with van der Waals surface area (Å²) < 4.78 is 34.9. The number of sulfonamides is 1. The fourth-order valence-corrected chi connectivity index (χ4v) is 6.60. The van der Waals surface area contributed by atoms with Crippen molar-refractivity contribution in [2.24, 2.45) is 17.8 Å². The lowest BCUT2D eigenvalue weighted by Gasteiger charge is -2.37. The van der Waals surface area contributed by atoms with E-state index in [1.807, 2.05) is 6.92 Å². The predicted molar refractivity (Wildman–Crippen MR) is 130 cm³/mol. The van der Waals surface area contributed by atoms with Gasteiger partial charge in [-0.25, -0.2) is 8.42 Å². The average Bonchev–Trinajstić information content (AvgIpc) is 3.53.